The molecule has 1 aromatic carbocycles. The van der Waals surface area contributed by atoms with Crippen molar-refractivity contribution in [2.75, 3.05) is 12.8 Å². The van der Waals surface area contributed by atoms with Crippen molar-refractivity contribution < 1.29 is 9.05 Å². The Morgan fingerprint density at radius 3 is 1.86 bits per heavy atom. The molecule has 0 radical (unpaired) electrons. The third-order valence-electron chi connectivity index (χ3n) is 5.69. The van der Waals surface area contributed by atoms with E-state index in [-0.39, 0.29) is 10.8 Å². The molecule has 3 heteroatoms. The van der Waals surface area contributed by atoms with Crippen molar-refractivity contribution in [1.82, 2.24) is 0 Å². The lowest BCUT2D eigenvalue weighted by molar-refractivity contribution is 0.110. The minimum atomic E-state index is -0.819. The zero-order chi connectivity index (χ0) is 22.9. The molecule has 0 spiro atoms. The number of rotatable bonds is 4. The summed E-state index contributed by atoms with van der Waals surface area (Å²) in [6.07, 6.45) is 4.65. The summed E-state index contributed by atoms with van der Waals surface area (Å²) >= 11 is 0. The van der Waals surface area contributed by atoms with Crippen LogP contribution in [0, 0.1) is 5.41 Å². The summed E-state index contributed by atoms with van der Waals surface area (Å²) in [7, 11) is -0.819. The average Bonchev–Trinajstić information content (AvgIpc) is 2.70. The summed E-state index contributed by atoms with van der Waals surface area (Å²) in [6, 6.07) is 6.71. The van der Waals surface area contributed by atoms with Crippen LogP contribution in [0.2, 0.25) is 0 Å². The van der Waals surface area contributed by atoms with Crippen LogP contribution >= 0.6 is 8.38 Å². The molecule has 0 bridgehead atoms. The van der Waals surface area contributed by atoms with Gasteiger partial charge in [-0.3, -0.25) is 0 Å². The fourth-order valence-corrected chi connectivity index (χ4v) is 5.05. The Morgan fingerprint density at radius 1 is 0.931 bits per heavy atom. The molecule has 0 saturated carbocycles. The number of hydrogen-bond acceptors (Lipinski definition) is 2. The molecule has 0 N–H and O–H groups in total. The first-order valence-electron chi connectivity index (χ1n) is 11.7. The highest BCUT2D eigenvalue weighted by Crippen LogP contribution is 2.51. The Morgan fingerprint density at radius 2 is 1.48 bits per heavy atom. The highest BCUT2D eigenvalue weighted by Gasteiger charge is 2.35. The SMILES string of the molecule is CC.CC.CCC1(CC)CCP(Oc2ccc(C(C)(C)C)cc2C(C)(C)C)OC1. The number of hydrogen-bond donors (Lipinski definition) is 0. The molecule has 0 aromatic heterocycles. The molecule has 1 heterocycles. The lowest BCUT2D eigenvalue weighted by Crippen LogP contribution is -2.30. The van der Waals surface area contributed by atoms with Gasteiger partial charge < -0.3 is 9.05 Å². The third kappa shape index (κ3) is 8.22. The van der Waals surface area contributed by atoms with Gasteiger partial charge in [0.25, 0.3) is 0 Å². The van der Waals surface area contributed by atoms with Gasteiger partial charge >= 0.3 is 0 Å². The zero-order valence-corrected chi connectivity index (χ0v) is 22.4. The second-order valence-electron chi connectivity index (χ2n) is 9.59. The molecule has 2 rings (SSSR count). The lowest BCUT2D eigenvalue weighted by atomic mass is 9.80. The summed E-state index contributed by atoms with van der Waals surface area (Å²) in [5, 5.41) is 0. The lowest BCUT2D eigenvalue weighted by Gasteiger charge is -2.38. The third-order valence-corrected chi connectivity index (χ3v) is 7.10. The molecule has 1 aromatic rings. The first kappa shape index (κ1) is 28.4. The topological polar surface area (TPSA) is 18.5 Å². The molecular formula is C26H49O2P. The van der Waals surface area contributed by atoms with Crippen molar-refractivity contribution in [2.45, 2.75) is 113 Å². The van der Waals surface area contributed by atoms with Crippen molar-refractivity contribution in [3.63, 3.8) is 0 Å². The van der Waals surface area contributed by atoms with Crippen LogP contribution in [0.3, 0.4) is 0 Å². The predicted octanol–water partition coefficient (Wildman–Crippen LogP) is 9.25. The molecule has 2 nitrogen and oxygen atoms in total. The molecule has 1 aliphatic rings. The summed E-state index contributed by atoms with van der Waals surface area (Å²) in [5.74, 6) is 1.01. The first-order valence-corrected chi connectivity index (χ1v) is 13.1. The van der Waals surface area contributed by atoms with Crippen LogP contribution in [0.25, 0.3) is 0 Å². The minimum Gasteiger partial charge on any atom is -0.447 e. The van der Waals surface area contributed by atoms with E-state index in [4.69, 9.17) is 9.05 Å². The van der Waals surface area contributed by atoms with Crippen molar-refractivity contribution in [3.8, 4) is 5.75 Å². The van der Waals surface area contributed by atoms with Crippen molar-refractivity contribution in [1.29, 1.82) is 0 Å². The zero-order valence-electron chi connectivity index (χ0n) is 21.5. The van der Waals surface area contributed by atoms with E-state index >= 15 is 0 Å². The van der Waals surface area contributed by atoms with Crippen LogP contribution < -0.4 is 4.52 Å². The van der Waals surface area contributed by atoms with Gasteiger partial charge in [0.1, 0.15) is 5.75 Å². The van der Waals surface area contributed by atoms with E-state index in [0.717, 1.165) is 18.5 Å². The summed E-state index contributed by atoms with van der Waals surface area (Å²) < 4.78 is 12.6. The molecule has 1 atom stereocenters. The van der Waals surface area contributed by atoms with Crippen LogP contribution in [0.15, 0.2) is 18.2 Å². The largest absolute Gasteiger partial charge is 0.447 e. The smallest absolute Gasteiger partial charge is 0.230 e. The van der Waals surface area contributed by atoms with E-state index in [9.17, 15) is 0 Å². The van der Waals surface area contributed by atoms with Gasteiger partial charge in [-0.2, -0.15) is 0 Å². The van der Waals surface area contributed by atoms with Gasteiger partial charge in [-0.25, -0.2) is 0 Å². The summed E-state index contributed by atoms with van der Waals surface area (Å²) in [6.45, 7) is 27.0. The molecule has 1 saturated heterocycles. The Balaban J connectivity index is 0.00000184. The van der Waals surface area contributed by atoms with Gasteiger partial charge in [-0.15, -0.1) is 0 Å². The second-order valence-corrected chi connectivity index (χ2v) is 11.1. The number of benzene rings is 1. The summed E-state index contributed by atoms with van der Waals surface area (Å²) in [5.41, 5.74) is 3.21. The van der Waals surface area contributed by atoms with Crippen molar-refractivity contribution >= 4 is 8.38 Å². The molecule has 29 heavy (non-hydrogen) atoms. The second kappa shape index (κ2) is 12.3. The maximum atomic E-state index is 6.41. The quantitative estimate of drug-likeness (QED) is 0.448. The van der Waals surface area contributed by atoms with E-state index in [1.54, 1.807) is 0 Å². The maximum Gasteiger partial charge on any atom is 0.230 e. The molecule has 1 fully saturated rings. The Hall–Kier alpha value is -0.590. The standard InChI is InChI=1S/C22H37O2P.2C2H6/c1-9-22(10-2)13-14-25(23-16-22)24-19-12-11-17(20(3,4)5)15-18(19)21(6,7)8;2*1-2/h11-12,15H,9-10,13-14,16H2,1-8H3;2*1-2H3. The monoisotopic (exact) mass is 424 g/mol. The average molecular weight is 425 g/mol. The highest BCUT2D eigenvalue weighted by molar-refractivity contribution is 7.47. The molecular weight excluding hydrogens is 375 g/mol. The summed E-state index contributed by atoms with van der Waals surface area (Å²) in [4.78, 5) is 0. The normalized spacial score (nSPS) is 18.7. The predicted molar refractivity (Wildman–Crippen MR) is 133 cm³/mol. The fourth-order valence-electron chi connectivity index (χ4n) is 3.33. The van der Waals surface area contributed by atoms with Crippen LogP contribution in [0.1, 0.15) is 113 Å². The highest BCUT2D eigenvalue weighted by atomic mass is 31.2. The Kier molecular flexibility index (Phi) is 12.1. The van der Waals surface area contributed by atoms with Gasteiger partial charge in [-0.05, 0) is 47.1 Å². The molecule has 0 amide bonds. The fraction of sp³-hybridized carbons (Fsp3) is 0.769. The van der Waals surface area contributed by atoms with Crippen LogP contribution in [0.5, 0.6) is 5.75 Å². The molecule has 1 unspecified atom stereocenters. The molecule has 1 aliphatic heterocycles. The van der Waals surface area contributed by atoms with E-state index in [1.807, 2.05) is 27.7 Å². The van der Waals surface area contributed by atoms with E-state index in [1.165, 1.54) is 30.4 Å². The maximum absolute atomic E-state index is 6.41. The van der Waals surface area contributed by atoms with Crippen molar-refractivity contribution in [3.05, 3.63) is 29.3 Å². The van der Waals surface area contributed by atoms with Gasteiger partial charge in [0.2, 0.25) is 8.38 Å². The van der Waals surface area contributed by atoms with Gasteiger partial charge in [0.05, 0.1) is 6.61 Å². The van der Waals surface area contributed by atoms with E-state index in [2.05, 4.69) is 73.6 Å². The van der Waals surface area contributed by atoms with E-state index in [0.29, 0.717) is 5.41 Å². The molecule has 0 aliphatic carbocycles. The molecule has 170 valence electrons. The van der Waals surface area contributed by atoms with E-state index < -0.39 is 8.38 Å². The Labute approximate surface area is 184 Å². The van der Waals surface area contributed by atoms with Gasteiger partial charge in [-0.1, -0.05) is 95.2 Å². The van der Waals surface area contributed by atoms with Crippen LogP contribution in [-0.4, -0.2) is 12.8 Å². The van der Waals surface area contributed by atoms with Gasteiger partial charge in [0.15, 0.2) is 0 Å². The van der Waals surface area contributed by atoms with Crippen molar-refractivity contribution in [2.24, 2.45) is 5.41 Å². The van der Waals surface area contributed by atoms with Crippen LogP contribution in [0.4, 0.5) is 0 Å². The van der Waals surface area contributed by atoms with Gasteiger partial charge in [0, 0.05) is 11.7 Å². The van der Waals surface area contributed by atoms with Crippen LogP contribution in [-0.2, 0) is 15.4 Å². The Bertz CT molecular complexity index is 567. The minimum absolute atomic E-state index is 0.0539. The first-order chi connectivity index (χ1) is 13.5.